The third-order valence-corrected chi connectivity index (χ3v) is 2.23. The molecular formula is C11H12ClN3O2. The summed E-state index contributed by atoms with van der Waals surface area (Å²) in [6, 6.07) is 6.82. The maximum absolute atomic E-state index is 10.5. The fraction of sp³-hybridized carbons (Fsp3) is 0.182. The molecule has 2 aromatic rings. The van der Waals surface area contributed by atoms with E-state index in [4.69, 9.17) is 10.8 Å². The average molecular weight is 254 g/mol. The van der Waals surface area contributed by atoms with Crippen LogP contribution >= 0.6 is 12.4 Å². The lowest BCUT2D eigenvalue weighted by Crippen LogP contribution is -2.17. The molecule has 0 aliphatic rings. The molecule has 6 heteroatoms. The van der Waals surface area contributed by atoms with Crippen molar-refractivity contribution in [3.05, 3.63) is 36.3 Å². The van der Waals surface area contributed by atoms with E-state index in [1.54, 1.807) is 6.20 Å². The van der Waals surface area contributed by atoms with Crippen LogP contribution in [0.2, 0.25) is 0 Å². The minimum absolute atomic E-state index is 0. The van der Waals surface area contributed by atoms with E-state index in [0.29, 0.717) is 5.82 Å². The SMILES string of the molecule is Cl.NC(CC(=O)O)c1ncc2ccccc2n1. The van der Waals surface area contributed by atoms with Gasteiger partial charge in [0.05, 0.1) is 18.0 Å². The van der Waals surface area contributed by atoms with Gasteiger partial charge in [0.15, 0.2) is 0 Å². The van der Waals surface area contributed by atoms with Crippen molar-refractivity contribution in [2.75, 3.05) is 0 Å². The summed E-state index contributed by atoms with van der Waals surface area (Å²) >= 11 is 0. The van der Waals surface area contributed by atoms with Crippen LogP contribution in [0.15, 0.2) is 30.5 Å². The number of hydrogen-bond acceptors (Lipinski definition) is 4. The third kappa shape index (κ3) is 3.12. The third-order valence-electron chi connectivity index (χ3n) is 2.23. The predicted molar refractivity (Wildman–Crippen MR) is 66.0 cm³/mol. The number of para-hydroxylation sites is 1. The van der Waals surface area contributed by atoms with Crippen molar-refractivity contribution >= 4 is 29.3 Å². The van der Waals surface area contributed by atoms with Crippen molar-refractivity contribution in [3.8, 4) is 0 Å². The largest absolute Gasteiger partial charge is 0.481 e. The second kappa shape index (κ2) is 5.56. The molecule has 0 bridgehead atoms. The molecule has 0 aliphatic carbocycles. The minimum atomic E-state index is -0.954. The van der Waals surface area contributed by atoms with Crippen LogP contribution in [0.25, 0.3) is 10.9 Å². The molecule has 0 radical (unpaired) electrons. The van der Waals surface area contributed by atoms with Crippen LogP contribution in [0.5, 0.6) is 0 Å². The first kappa shape index (κ1) is 13.3. The maximum atomic E-state index is 10.5. The molecule has 2 rings (SSSR count). The summed E-state index contributed by atoms with van der Waals surface area (Å²) in [6.45, 7) is 0. The molecule has 17 heavy (non-hydrogen) atoms. The lowest BCUT2D eigenvalue weighted by atomic mass is 10.2. The van der Waals surface area contributed by atoms with Gasteiger partial charge >= 0.3 is 5.97 Å². The number of carboxylic acids is 1. The zero-order chi connectivity index (χ0) is 11.5. The quantitative estimate of drug-likeness (QED) is 0.866. The number of rotatable bonds is 3. The van der Waals surface area contributed by atoms with E-state index in [-0.39, 0.29) is 18.8 Å². The second-order valence-corrected chi connectivity index (χ2v) is 3.49. The summed E-state index contributed by atoms with van der Waals surface area (Å²) in [5.74, 6) is -0.592. The van der Waals surface area contributed by atoms with Crippen molar-refractivity contribution in [2.24, 2.45) is 5.73 Å². The zero-order valence-corrected chi connectivity index (χ0v) is 9.72. The van der Waals surface area contributed by atoms with Gasteiger partial charge < -0.3 is 10.8 Å². The molecule has 3 N–H and O–H groups in total. The van der Waals surface area contributed by atoms with Crippen LogP contribution in [0.3, 0.4) is 0 Å². The first-order valence-corrected chi connectivity index (χ1v) is 4.86. The van der Waals surface area contributed by atoms with Gasteiger partial charge in [0, 0.05) is 11.6 Å². The number of hydrogen-bond donors (Lipinski definition) is 2. The number of carbonyl (C=O) groups is 1. The molecule has 1 unspecified atom stereocenters. The molecule has 0 amide bonds. The van der Waals surface area contributed by atoms with Crippen molar-refractivity contribution in [1.82, 2.24) is 9.97 Å². The molecule has 0 saturated carbocycles. The molecule has 0 spiro atoms. The molecule has 1 atom stereocenters. The molecular weight excluding hydrogens is 242 g/mol. The van der Waals surface area contributed by atoms with Gasteiger partial charge in [-0.2, -0.15) is 0 Å². The maximum Gasteiger partial charge on any atom is 0.305 e. The van der Waals surface area contributed by atoms with Crippen LogP contribution in [-0.2, 0) is 4.79 Å². The van der Waals surface area contributed by atoms with E-state index in [1.807, 2.05) is 24.3 Å². The minimum Gasteiger partial charge on any atom is -0.481 e. The van der Waals surface area contributed by atoms with Crippen LogP contribution in [-0.4, -0.2) is 21.0 Å². The van der Waals surface area contributed by atoms with Gasteiger partial charge in [-0.05, 0) is 6.07 Å². The average Bonchev–Trinajstić information content (AvgIpc) is 2.27. The first-order chi connectivity index (χ1) is 7.66. The van der Waals surface area contributed by atoms with E-state index < -0.39 is 12.0 Å². The monoisotopic (exact) mass is 253 g/mol. The van der Waals surface area contributed by atoms with Gasteiger partial charge in [0.25, 0.3) is 0 Å². The second-order valence-electron chi connectivity index (χ2n) is 3.49. The highest BCUT2D eigenvalue weighted by Gasteiger charge is 2.13. The van der Waals surface area contributed by atoms with Gasteiger partial charge in [-0.1, -0.05) is 18.2 Å². The van der Waals surface area contributed by atoms with E-state index in [1.165, 1.54) is 0 Å². The zero-order valence-electron chi connectivity index (χ0n) is 8.91. The summed E-state index contributed by atoms with van der Waals surface area (Å²) in [7, 11) is 0. The van der Waals surface area contributed by atoms with Crippen molar-refractivity contribution < 1.29 is 9.90 Å². The van der Waals surface area contributed by atoms with Gasteiger partial charge in [-0.3, -0.25) is 4.79 Å². The standard InChI is InChI=1S/C11H11N3O2.ClH/c12-8(5-10(15)16)11-13-6-7-3-1-2-4-9(7)14-11;/h1-4,6,8H,5,12H2,(H,15,16);1H. The van der Waals surface area contributed by atoms with Crippen LogP contribution < -0.4 is 5.73 Å². The number of nitrogens with two attached hydrogens (primary N) is 1. The Morgan fingerprint density at radius 2 is 2.12 bits per heavy atom. The molecule has 90 valence electrons. The Morgan fingerprint density at radius 1 is 1.41 bits per heavy atom. The predicted octanol–water partition coefficient (Wildman–Crippen LogP) is 1.53. The number of aromatic nitrogens is 2. The van der Waals surface area contributed by atoms with Gasteiger partial charge in [-0.15, -0.1) is 12.4 Å². The summed E-state index contributed by atoms with van der Waals surface area (Å²) in [5, 5.41) is 9.53. The lowest BCUT2D eigenvalue weighted by Gasteiger charge is -2.07. The van der Waals surface area contributed by atoms with Gasteiger partial charge in [-0.25, -0.2) is 9.97 Å². The fourth-order valence-electron chi connectivity index (χ4n) is 1.44. The first-order valence-electron chi connectivity index (χ1n) is 4.86. The van der Waals surface area contributed by atoms with Crippen molar-refractivity contribution in [3.63, 3.8) is 0 Å². The Labute approximate surface area is 104 Å². The molecule has 0 aliphatic heterocycles. The van der Waals surface area contributed by atoms with Crippen LogP contribution in [0.4, 0.5) is 0 Å². The van der Waals surface area contributed by atoms with Crippen LogP contribution in [0, 0.1) is 0 Å². The molecule has 0 fully saturated rings. The van der Waals surface area contributed by atoms with E-state index in [0.717, 1.165) is 10.9 Å². The Bertz CT molecular complexity index is 533. The highest BCUT2D eigenvalue weighted by atomic mass is 35.5. The highest BCUT2D eigenvalue weighted by molar-refractivity contribution is 5.85. The van der Waals surface area contributed by atoms with Gasteiger partial charge in [0.2, 0.25) is 0 Å². The highest BCUT2D eigenvalue weighted by Crippen LogP contribution is 2.14. The molecule has 1 aromatic carbocycles. The Hall–Kier alpha value is -1.72. The van der Waals surface area contributed by atoms with E-state index in [9.17, 15) is 4.79 Å². The summed E-state index contributed by atoms with van der Waals surface area (Å²) in [4.78, 5) is 18.8. The van der Waals surface area contributed by atoms with Gasteiger partial charge in [0.1, 0.15) is 5.82 Å². The normalized spacial score (nSPS) is 11.8. The molecule has 0 saturated heterocycles. The van der Waals surface area contributed by atoms with E-state index >= 15 is 0 Å². The fourth-order valence-corrected chi connectivity index (χ4v) is 1.44. The Morgan fingerprint density at radius 3 is 2.82 bits per heavy atom. The molecule has 1 aromatic heterocycles. The Balaban J connectivity index is 0.00000144. The smallest absolute Gasteiger partial charge is 0.305 e. The number of halogens is 1. The number of fused-ring (bicyclic) bond motifs is 1. The molecule has 5 nitrogen and oxygen atoms in total. The Kier molecular flexibility index (Phi) is 4.37. The topological polar surface area (TPSA) is 89.1 Å². The molecule has 1 heterocycles. The summed E-state index contributed by atoms with van der Waals surface area (Å²) in [6.07, 6.45) is 1.48. The summed E-state index contributed by atoms with van der Waals surface area (Å²) in [5.41, 5.74) is 6.45. The number of carboxylic acid groups (broad SMARTS) is 1. The van der Waals surface area contributed by atoms with E-state index in [2.05, 4.69) is 9.97 Å². The lowest BCUT2D eigenvalue weighted by molar-refractivity contribution is -0.137. The number of aliphatic carboxylic acids is 1. The van der Waals surface area contributed by atoms with Crippen molar-refractivity contribution in [1.29, 1.82) is 0 Å². The summed E-state index contributed by atoms with van der Waals surface area (Å²) < 4.78 is 0. The van der Waals surface area contributed by atoms with Crippen LogP contribution in [0.1, 0.15) is 18.3 Å². The number of benzene rings is 1. The number of nitrogens with zero attached hydrogens (tertiary/aromatic N) is 2. The van der Waals surface area contributed by atoms with Crippen molar-refractivity contribution in [2.45, 2.75) is 12.5 Å².